The number of carbonyl (C=O) groups is 1. The lowest BCUT2D eigenvalue weighted by atomic mass is 10.2. The number of aryl methyl sites for hydroxylation is 1. The van der Waals surface area contributed by atoms with Crippen molar-refractivity contribution in [2.75, 3.05) is 26.2 Å². The molecule has 33 heavy (non-hydrogen) atoms. The molecule has 0 bridgehead atoms. The summed E-state index contributed by atoms with van der Waals surface area (Å²) in [5.74, 6) is -0.277. The molecular weight excluding hydrogens is 478 g/mol. The van der Waals surface area contributed by atoms with Crippen molar-refractivity contribution >= 4 is 41.4 Å². The Balaban J connectivity index is 0.00000385. The smallest absolute Gasteiger partial charge is 0.338 e. The van der Waals surface area contributed by atoms with Crippen LogP contribution in [0.5, 0.6) is 5.88 Å². The van der Waals surface area contributed by atoms with Gasteiger partial charge >= 0.3 is 5.97 Å². The van der Waals surface area contributed by atoms with E-state index in [0.29, 0.717) is 26.7 Å². The molecule has 6 nitrogen and oxygen atoms in total. The molecule has 0 saturated heterocycles. The van der Waals surface area contributed by atoms with Crippen molar-refractivity contribution in [1.82, 2.24) is 4.57 Å². The number of aliphatic imine (C=N–C) groups is 1. The lowest BCUT2D eigenvalue weighted by molar-refractivity contribution is -0.896. The minimum absolute atomic E-state index is 0. The molecular formula is C24H28ClN3O3S2. The van der Waals surface area contributed by atoms with E-state index in [9.17, 15) is 9.90 Å². The van der Waals surface area contributed by atoms with Crippen molar-refractivity contribution in [3.05, 3.63) is 68.5 Å². The lowest BCUT2D eigenvalue weighted by Gasteiger charge is -2.14. The third-order valence-electron chi connectivity index (χ3n) is 5.23. The SMILES string of the molecule is CC[NH+](CC)CCOC(=O)c1ccc(N=Cc2sc(=S)n(-c3ccc(C)cc3)c2O)cc1.[Cl-]. The molecule has 0 saturated carbocycles. The zero-order valence-electron chi connectivity index (χ0n) is 18.9. The van der Waals surface area contributed by atoms with Gasteiger partial charge in [-0.25, -0.2) is 4.79 Å². The monoisotopic (exact) mass is 505 g/mol. The molecule has 2 N–H and O–H groups in total. The Morgan fingerprint density at radius 2 is 1.79 bits per heavy atom. The number of rotatable bonds is 9. The second kappa shape index (κ2) is 12.6. The maximum absolute atomic E-state index is 12.2. The third kappa shape index (κ3) is 6.98. The summed E-state index contributed by atoms with van der Waals surface area (Å²) in [7, 11) is 0. The van der Waals surface area contributed by atoms with Crippen LogP contribution in [0.15, 0.2) is 53.5 Å². The number of nitrogens with one attached hydrogen (secondary N) is 1. The molecule has 2 aromatic carbocycles. The van der Waals surface area contributed by atoms with E-state index in [2.05, 4.69) is 18.8 Å². The molecule has 0 radical (unpaired) electrons. The summed E-state index contributed by atoms with van der Waals surface area (Å²) in [6, 6.07) is 14.7. The highest BCUT2D eigenvalue weighted by atomic mass is 35.5. The van der Waals surface area contributed by atoms with Crippen LogP contribution in [0, 0.1) is 10.9 Å². The predicted molar refractivity (Wildman–Crippen MR) is 132 cm³/mol. The predicted octanol–water partition coefficient (Wildman–Crippen LogP) is 1.12. The van der Waals surface area contributed by atoms with Crippen LogP contribution in [-0.4, -0.2) is 48.1 Å². The Bertz CT molecular complexity index is 1140. The zero-order valence-corrected chi connectivity index (χ0v) is 21.3. The quantitative estimate of drug-likeness (QED) is 0.260. The van der Waals surface area contributed by atoms with E-state index in [1.54, 1.807) is 35.0 Å². The molecule has 176 valence electrons. The fraction of sp³-hybridized carbons (Fsp3) is 0.292. The fourth-order valence-corrected chi connectivity index (χ4v) is 4.40. The Labute approximate surface area is 209 Å². The zero-order chi connectivity index (χ0) is 23.1. The Morgan fingerprint density at radius 1 is 1.15 bits per heavy atom. The average molecular weight is 506 g/mol. The minimum atomic E-state index is -0.335. The van der Waals surface area contributed by atoms with Crippen LogP contribution in [0.2, 0.25) is 0 Å². The Hall–Kier alpha value is -2.52. The number of aromatic nitrogens is 1. The van der Waals surface area contributed by atoms with Gasteiger partial charge in [0.05, 0.1) is 36.2 Å². The maximum atomic E-state index is 12.2. The van der Waals surface area contributed by atoms with Gasteiger partial charge < -0.3 is 27.2 Å². The number of thiazole rings is 1. The van der Waals surface area contributed by atoms with E-state index in [1.165, 1.54) is 16.2 Å². The van der Waals surface area contributed by atoms with Crippen LogP contribution < -0.4 is 17.3 Å². The van der Waals surface area contributed by atoms with Crippen molar-refractivity contribution in [1.29, 1.82) is 0 Å². The van der Waals surface area contributed by atoms with Crippen LogP contribution in [0.3, 0.4) is 0 Å². The number of halogens is 1. The number of esters is 1. The molecule has 1 aromatic heterocycles. The number of quaternary nitrogens is 1. The van der Waals surface area contributed by atoms with E-state index < -0.39 is 0 Å². The van der Waals surface area contributed by atoms with Crippen LogP contribution >= 0.6 is 23.6 Å². The van der Waals surface area contributed by atoms with Crippen molar-refractivity contribution in [3.8, 4) is 11.6 Å². The molecule has 0 aliphatic heterocycles. The summed E-state index contributed by atoms with van der Waals surface area (Å²) in [5, 5.41) is 10.6. The first-order chi connectivity index (χ1) is 15.4. The largest absolute Gasteiger partial charge is 1.00 e. The van der Waals surface area contributed by atoms with Gasteiger partial charge in [-0.15, -0.1) is 0 Å². The maximum Gasteiger partial charge on any atom is 0.338 e. The number of hydrogen-bond acceptors (Lipinski definition) is 6. The van der Waals surface area contributed by atoms with Crippen LogP contribution in [0.25, 0.3) is 5.69 Å². The number of hydrogen-bond donors (Lipinski definition) is 2. The van der Waals surface area contributed by atoms with Crippen molar-refractivity contribution in [3.63, 3.8) is 0 Å². The fourth-order valence-electron chi connectivity index (χ4n) is 3.18. The van der Waals surface area contributed by atoms with Gasteiger partial charge in [0.15, 0.2) is 3.95 Å². The summed E-state index contributed by atoms with van der Waals surface area (Å²) in [4.78, 5) is 18.6. The molecule has 0 aliphatic rings. The molecule has 3 rings (SSSR count). The molecule has 0 amide bonds. The molecule has 9 heteroatoms. The van der Waals surface area contributed by atoms with Crippen molar-refractivity contribution < 1.29 is 31.9 Å². The van der Waals surface area contributed by atoms with E-state index in [0.717, 1.165) is 30.9 Å². The van der Waals surface area contributed by atoms with E-state index in [1.807, 2.05) is 31.2 Å². The summed E-state index contributed by atoms with van der Waals surface area (Å²) in [6.45, 7) is 9.47. The van der Waals surface area contributed by atoms with Gasteiger partial charge in [0.25, 0.3) is 0 Å². The number of nitrogens with zero attached hydrogens (tertiary/aromatic N) is 2. The van der Waals surface area contributed by atoms with E-state index in [4.69, 9.17) is 17.0 Å². The van der Waals surface area contributed by atoms with Crippen LogP contribution in [0.1, 0.15) is 34.6 Å². The average Bonchev–Trinajstić information content (AvgIpc) is 3.09. The van der Waals surface area contributed by atoms with Gasteiger partial charge in [0.1, 0.15) is 18.0 Å². The van der Waals surface area contributed by atoms with Gasteiger partial charge in [0.2, 0.25) is 5.88 Å². The Kier molecular flexibility index (Phi) is 10.2. The second-order valence-corrected chi connectivity index (χ2v) is 9.05. The number of ether oxygens (including phenoxy) is 1. The van der Waals surface area contributed by atoms with Gasteiger partial charge in [-0.2, -0.15) is 0 Å². The summed E-state index contributed by atoms with van der Waals surface area (Å²) in [5.41, 5.74) is 3.09. The van der Waals surface area contributed by atoms with Gasteiger partial charge in [0, 0.05) is 0 Å². The molecule has 3 aromatic rings. The van der Waals surface area contributed by atoms with E-state index >= 15 is 0 Å². The highest BCUT2D eigenvalue weighted by molar-refractivity contribution is 7.73. The first-order valence-electron chi connectivity index (χ1n) is 10.6. The van der Waals surface area contributed by atoms with Crippen molar-refractivity contribution in [2.24, 2.45) is 4.99 Å². The number of benzene rings is 2. The number of aromatic hydroxyl groups is 1. The summed E-state index contributed by atoms with van der Waals surface area (Å²) in [6.07, 6.45) is 1.58. The Morgan fingerprint density at radius 3 is 2.39 bits per heavy atom. The van der Waals surface area contributed by atoms with Gasteiger partial charge in [-0.1, -0.05) is 29.0 Å². The highest BCUT2D eigenvalue weighted by Gasteiger charge is 2.12. The molecule has 1 heterocycles. The highest BCUT2D eigenvalue weighted by Crippen LogP contribution is 2.29. The summed E-state index contributed by atoms with van der Waals surface area (Å²) < 4.78 is 7.53. The first-order valence-corrected chi connectivity index (χ1v) is 11.8. The van der Waals surface area contributed by atoms with Gasteiger partial charge in [-0.05, 0) is 69.4 Å². The second-order valence-electron chi connectivity index (χ2n) is 7.37. The first kappa shape index (κ1) is 26.7. The summed E-state index contributed by atoms with van der Waals surface area (Å²) >= 11 is 6.71. The normalized spacial score (nSPS) is 11.0. The van der Waals surface area contributed by atoms with Crippen molar-refractivity contribution in [2.45, 2.75) is 20.8 Å². The molecule has 0 spiro atoms. The van der Waals surface area contributed by atoms with Crippen LogP contribution in [-0.2, 0) is 4.74 Å². The third-order valence-corrected chi connectivity index (χ3v) is 6.52. The van der Waals surface area contributed by atoms with Gasteiger partial charge in [-0.3, -0.25) is 9.56 Å². The molecule has 0 unspecified atom stereocenters. The standard InChI is InChI=1S/C24H27N3O3S2.ClH/c1-4-26(5-2)14-15-30-23(29)18-8-10-19(11-9-18)25-16-21-22(28)27(24(31)32-21)20-12-6-17(3)7-13-20;/h6-13,16,28H,4-5,14-15H2,1-3H3;1H. The van der Waals surface area contributed by atoms with Crippen LogP contribution in [0.4, 0.5) is 5.69 Å². The lowest BCUT2D eigenvalue weighted by Crippen LogP contribution is -3.11. The number of likely N-dealkylation sites (N-methyl/N-ethyl adjacent to an activating group) is 1. The minimum Gasteiger partial charge on any atom is -1.00 e. The molecule has 0 fully saturated rings. The molecule has 0 atom stereocenters. The van der Waals surface area contributed by atoms with E-state index in [-0.39, 0.29) is 24.3 Å². The number of carbonyl (C=O) groups excluding carboxylic acids is 1. The topological polar surface area (TPSA) is 68.3 Å². The molecule has 0 aliphatic carbocycles.